The van der Waals surface area contributed by atoms with Gasteiger partial charge in [0, 0.05) is 0 Å². The highest BCUT2D eigenvalue weighted by Crippen LogP contribution is 2.36. The van der Waals surface area contributed by atoms with E-state index in [1.165, 1.54) is 6.92 Å². The molecule has 0 aliphatic heterocycles. The largest absolute Gasteiger partial charge is 0.416 e. The van der Waals surface area contributed by atoms with Crippen LogP contribution in [-0.2, 0) is 20.8 Å². The number of carbonyl (C=O) groups excluding carboxylic acids is 2. The van der Waals surface area contributed by atoms with E-state index in [1.807, 2.05) is 0 Å². The monoisotopic (exact) mass is 436 g/mol. The van der Waals surface area contributed by atoms with E-state index in [9.17, 15) is 31.2 Å². The molecule has 1 unspecified atom stereocenters. The number of aliphatic hydroxyl groups excluding tert-OH is 1. The number of primary amides is 1. The summed E-state index contributed by atoms with van der Waals surface area (Å²) in [6.07, 6.45) is -4.62. The Balaban J connectivity index is 2.44. The minimum Gasteiger partial charge on any atom is -0.396 e. The number of halogens is 3. The first-order valence-corrected chi connectivity index (χ1v) is 9.95. The summed E-state index contributed by atoms with van der Waals surface area (Å²) in [5, 5.41) is 11.2. The summed E-state index contributed by atoms with van der Waals surface area (Å²) in [5.74, 6) is -2.49. The minimum atomic E-state index is -4.62. The summed E-state index contributed by atoms with van der Waals surface area (Å²) in [5.41, 5.74) is 3.93. The van der Waals surface area contributed by atoms with Crippen LogP contribution in [0.25, 0.3) is 0 Å². The lowest BCUT2D eigenvalue weighted by molar-refractivity contribution is -0.137. The molecular weight excluding hydrogens is 421 g/mol. The number of rotatable bonds is 6. The molecule has 2 amide bonds. The van der Waals surface area contributed by atoms with Crippen LogP contribution in [0, 0.1) is 5.92 Å². The van der Waals surface area contributed by atoms with Gasteiger partial charge in [-0.2, -0.15) is 13.2 Å². The van der Waals surface area contributed by atoms with Crippen LogP contribution in [0.1, 0.15) is 22.8 Å². The van der Waals surface area contributed by atoms with E-state index < -0.39 is 50.8 Å². The molecule has 0 fully saturated rings. The van der Waals surface area contributed by atoms with Gasteiger partial charge in [-0.3, -0.25) is 9.59 Å². The van der Waals surface area contributed by atoms with Crippen LogP contribution in [0.15, 0.2) is 39.4 Å². The number of alkyl halides is 3. The molecule has 4 N–H and O–H groups in total. The molecule has 0 bridgehead atoms. The molecule has 0 aliphatic carbocycles. The Morgan fingerprint density at radius 2 is 1.82 bits per heavy atom. The number of benzene rings is 1. The van der Waals surface area contributed by atoms with Crippen molar-refractivity contribution in [2.75, 3.05) is 11.9 Å². The summed E-state index contributed by atoms with van der Waals surface area (Å²) in [6.45, 7) is 0.937. The smallest absolute Gasteiger partial charge is 0.396 e. The van der Waals surface area contributed by atoms with Gasteiger partial charge in [0.05, 0.1) is 28.5 Å². The molecule has 12 heteroatoms. The SMILES string of the molecule is CC(CO)C(=O)Nc1sc(S(=O)(=O)c2ccc(C(F)(F)F)cc2)cc1C(N)=O. The number of carbonyl (C=O) groups is 2. The maximum Gasteiger partial charge on any atom is 0.416 e. The molecule has 2 aromatic rings. The van der Waals surface area contributed by atoms with E-state index in [0.29, 0.717) is 23.5 Å². The Labute approximate surface area is 161 Å². The highest BCUT2D eigenvalue weighted by Gasteiger charge is 2.31. The van der Waals surface area contributed by atoms with Crippen molar-refractivity contribution in [1.82, 2.24) is 0 Å². The second-order valence-electron chi connectivity index (χ2n) is 5.77. The fourth-order valence-corrected chi connectivity index (χ4v) is 4.81. The lowest BCUT2D eigenvalue weighted by Crippen LogP contribution is -2.24. The van der Waals surface area contributed by atoms with E-state index in [2.05, 4.69) is 5.32 Å². The van der Waals surface area contributed by atoms with Gasteiger partial charge in [-0.15, -0.1) is 11.3 Å². The van der Waals surface area contributed by atoms with Crippen molar-refractivity contribution in [3.8, 4) is 0 Å². The van der Waals surface area contributed by atoms with Gasteiger partial charge in [0.15, 0.2) is 0 Å². The topological polar surface area (TPSA) is 127 Å². The minimum absolute atomic E-state index is 0.136. The molecule has 0 radical (unpaired) electrons. The zero-order chi connectivity index (χ0) is 21.3. The Morgan fingerprint density at radius 3 is 2.29 bits per heavy atom. The van der Waals surface area contributed by atoms with E-state index in [1.54, 1.807) is 0 Å². The molecule has 1 aromatic carbocycles. The number of nitrogens with one attached hydrogen (secondary N) is 1. The molecule has 2 rings (SSSR count). The number of hydrogen-bond acceptors (Lipinski definition) is 6. The molecule has 28 heavy (non-hydrogen) atoms. The molecule has 1 heterocycles. The van der Waals surface area contributed by atoms with Crippen LogP contribution in [-0.4, -0.2) is 31.9 Å². The summed E-state index contributed by atoms with van der Waals surface area (Å²) in [4.78, 5) is 23.1. The number of amides is 2. The summed E-state index contributed by atoms with van der Waals surface area (Å²) in [7, 11) is -4.26. The predicted molar refractivity (Wildman–Crippen MR) is 94.6 cm³/mol. The van der Waals surface area contributed by atoms with Crippen LogP contribution in [0.2, 0.25) is 0 Å². The standard InChI is InChI=1S/C16H15F3N2O5S2/c1-8(7-22)14(24)21-15-11(13(20)23)6-12(27-15)28(25,26)10-4-2-9(3-5-10)16(17,18)19/h2-6,8,22H,7H2,1H3,(H2,20,23)(H,21,24). The average Bonchev–Trinajstić information content (AvgIpc) is 3.05. The van der Waals surface area contributed by atoms with Gasteiger partial charge in [0.1, 0.15) is 9.21 Å². The lowest BCUT2D eigenvalue weighted by atomic mass is 10.2. The van der Waals surface area contributed by atoms with Crippen molar-refractivity contribution in [2.24, 2.45) is 11.7 Å². The maximum atomic E-state index is 12.7. The van der Waals surface area contributed by atoms with Crippen molar-refractivity contribution in [1.29, 1.82) is 0 Å². The number of hydrogen-bond donors (Lipinski definition) is 3. The molecule has 7 nitrogen and oxygen atoms in total. The van der Waals surface area contributed by atoms with Gasteiger partial charge >= 0.3 is 6.18 Å². The first-order chi connectivity index (χ1) is 12.9. The number of thiophene rings is 1. The second kappa shape index (κ2) is 7.89. The Morgan fingerprint density at radius 1 is 1.25 bits per heavy atom. The number of sulfone groups is 1. The van der Waals surface area contributed by atoms with E-state index >= 15 is 0 Å². The van der Waals surface area contributed by atoms with E-state index in [-0.39, 0.29) is 14.8 Å². The lowest BCUT2D eigenvalue weighted by Gasteiger charge is -2.08. The molecule has 0 aliphatic rings. The van der Waals surface area contributed by atoms with Gasteiger partial charge in [0.2, 0.25) is 15.7 Å². The molecule has 0 spiro atoms. The Bertz CT molecular complexity index is 998. The average molecular weight is 436 g/mol. The van der Waals surface area contributed by atoms with Gasteiger partial charge in [-0.25, -0.2) is 8.42 Å². The molecule has 152 valence electrons. The molecule has 1 aromatic heterocycles. The van der Waals surface area contributed by atoms with Crippen LogP contribution in [0.3, 0.4) is 0 Å². The summed E-state index contributed by atoms with van der Waals surface area (Å²) < 4.78 is 62.9. The first kappa shape index (κ1) is 21.9. The van der Waals surface area contributed by atoms with Crippen LogP contribution in [0.4, 0.5) is 18.2 Å². The van der Waals surface area contributed by atoms with Crippen LogP contribution >= 0.6 is 11.3 Å². The molecule has 1 atom stereocenters. The maximum absolute atomic E-state index is 12.7. The van der Waals surface area contributed by atoms with Crippen LogP contribution in [0.5, 0.6) is 0 Å². The Kier molecular flexibility index (Phi) is 6.16. The zero-order valence-electron chi connectivity index (χ0n) is 14.3. The predicted octanol–water partition coefficient (Wildman–Crippen LogP) is 2.27. The van der Waals surface area contributed by atoms with Gasteiger partial charge in [0.25, 0.3) is 5.91 Å². The van der Waals surface area contributed by atoms with Crippen molar-refractivity contribution in [3.05, 3.63) is 41.5 Å². The third-order valence-corrected chi connectivity index (χ3v) is 6.98. The fourth-order valence-electron chi connectivity index (χ4n) is 2.03. The van der Waals surface area contributed by atoms with Gasteiger partial charge in [-0.1, -0.05) is 6.92 Å². The summed E-state index contributed by atoms with van der Waals surface area (Å²) in [6, 6.07) is 3.79. The summed E-state index contributed by atoms with van der Waals surface area (Å²) >= 11 is 0.531. The van der Waals surface area contributed by atoms with E-state index in [4.69, 9.17) is 10.8 Å². The zero-order valence-corrected chi connectivity index (χ0v) is 15.9. The fraction of sp³-hybridized carbons (Fsp3) is 0.250. The number of nitrogens with two attached hydrogens (primary N) is 1. The second-order valence-corrected chi connectivity index (χ2v) is 9.00. The molecule has 0 saturated heterocycles. The third-order valence-electron chi connectivity index (χ3n) is 3.69. The van der Waals surface area contributed by atoms with Crippen molar-refractivity contribution in [3.63, 3.8) is 0 Å². The number of anilines is 1. The highest BCUT2D eigenvalue weighted by molar-refractivity contribution is 7.93. The first-order valence-electron chi connectivity index (χ1n) is 7.65. The van der Waals surface area contributed by atoms with Gasteiger partial charge < -0.3 is 16.2 Å². The van der Waals surface area contributed by atoms with Crippen molar-refractivity contribution in [2.45, 2.75) is 22.2 Å². The highest BCUT2D eigenvalue weighted by atomic mass is 32.2. The third kappa shape index (κ3) is 4.51. The Hall–Kier alpha value is -2.44. The normalized spacial score (nSPS) is 13.2. The quantitative estimate of drug-likeness (QED) is 0.640. The van der Waals surface area contributed by atoms with E-state index in [0.717, 1.165) is 18.2 Å². The molecular formula is C16H15F3N2O5S2. The van der Waals surface area contributed by atoms with Gasteiger partial charge in [-0.05, 0) is 30.3 Å². The van der Waals surface area contributed by atoms with Crippen molar-refractivity contribution < 1.29 is 36.3 Å². The van der Waals surface area contributed by atoms with Crippen molar-refractivity contribution >= 4 is 38.0 Å². The van der Waals surface area contributed by atoms with Crippen LogP contribution < -0.4 is 11.1 Å². The number of aliphatic hydroxyl groups is 1. The molecule has 0 saturated carbocycles.